The minimum atomic E-state index is 0.0723. The smallest absolute Gasteiger partial charge is 0.103 e. The number of hydrogen-bond acceptors (Lipinski definition) is 2. The summed E-state index contributed by atoms with van der Waals surface area (Å²) in [6, 6.07) is 0. The average Bonchev–Trinajstić information content (AvgIpc) is 2.07. The lowest BCUT2D eigenvalue weighted by Crippen LogP contribution is -2.26. The van der Waals surface area contributed by atoms with Crippen molar-refractivity contribution in [3.8, 4) is 0 Å². The first-order valence-corrected chi connectivity index (χ1v) is 3.63. The van der Waals surface area contributed by atoms with E-state index in [9.17, 15) is 0 Å². The second-order valence-electron chi connectivity index (χ2n) is 3.35. The molecular formula is C7H12O2. The van der Waals surface area contributed by atoms with Crippen molar-refractivity contribution in [3.63, 3.8) is 0 Å². The molecule has 2 nitrogen and oxygen atoms in total. The van der Waals surface area contributed by atoms with Gasteiger partial charge >= 0.3 is 0 Å². The van der Waals surface area contributed by atoms with Crippen molar-refractivity contribution < 1.29 is 9.78 Å². The molecule has 2 fully saturated rings. The quantitative estimate of drug-likeness (QED) is 0.462. The Labute approximate surface area is 55.1 Å². The largest absolute Gasteiger partial charge is 0.233 e. The van der Waals surface area contributed by atoms with Crippen molar-refractivity contribution >= 4 is 0 Å². The highest BCUT2D eigenvalue weighted by molar-refractivity contribution is 4.86. The lowest BCUT2D eigenvalue weighted by atomic mass is 9.86. The van der Waals surface area contributed by atoms with E-state index in [2.05, 4.69) is 6.92 Å². The summed E-state index contributed by atoms with van der Waals surface area (Å²) in [5.74, 6) is 0. The summed E-state index contributed by atoms with van der Waals surface area (Å²) >= 11 is 0. The maximum absolute atomic E-state index is 5.16. The Morgan fingerprint density at radius 2 is 2.44 bits per heavy atom. The van der Waals surface area contributed by atoms with Crippen molar-refractivity contribution in [1.82, 2.24) is 0 Å². The lowest BCUT2D eigenvalue weighted by Gasteiger charge is -2.22. The van der Waals surface area contributed by atoms with Crippen LogP contribution in [-0.4, -0.2) is 11.7 Å². The Kier molecular flexibility index (Phi) is 1.08. The summed E-state index contributed by atoms with van der Waals surface area (Å²) < 4.78 is 0. The maximum atomic E-state index is 5.16. The molecule has 52 valence electrons. The van der Waals surface area contributed by atoms with E-state index in [-0.39, 0.29) is 5.60 Å². The zero-order chi connectivity index (χ0) is 6.32. The number of fused-ring (bicyclic) bond motifs is 2. The Morgan fingerprint density at radius 3 is 3.11 bits per heavy atom. The third-order valence-corrected chi connectivity index (χ3v) is 2.28. The standard InChI is InChI=1S/C7H12O2/c1-7-4-2-3-6(5-7)8-9-7/h6H,2-5H2,1H3. The molecule has 2 atom stereocenters. The van der Waals surface area contributed by atoms with Crippen LogP contribution in [0.15, 0.2) is 0 Å². The Balaban J connectivity index is 2.13. The molecule has 1 saturated carbocycles. The van der Waals surface area contributed by atoms with Gasteiger partial charge in [0.15, 0.2) is 0 Å². The Hall–Kier alpha value is -0.0800. The molecule has 0 amide bonds. The maximum Gasteiger partial charge on any atom is 0.103 e. The van der Waals surface area contributed by atoms with Crippen LogP contribution in [0.4, 0.5) is 0 Å². The molecule has 2 unspecified atom stereocenters. The molecule has 0 spiro atoms. The third kappa shape index (κ3) is 0.864. The summed E-state index contributed by atoms with van der Waals surface area (Å²) in [7, 11) is 0. The lowest BCUT2D eigenvalue weighted by molar-refractivity contribution is -0.316. The van der Waals surface area contributed by atoms with Crippen molar-refractivity contribution in [1.29, 1.82) is 0 Å². The molecule has 0 aromatic rings. The van der Waals surface area contributed by atoms with Gasteiger partial charge in [0.05, 0.1) is 6.10 Å². The molecular weight excluding hydrogens is 116 g/mol. The second-order valence-corrected chi connectivity index (χ2v) is 3.35. The van der Waals surface area contributed by atoms with Crippen LogP contribution in [0.25, 0.3) is 0 Å². The molecule has 0 radical (unpaired) electrons. The highest BCUT2D eigenvalue weighted by Gasteiger charge is 2.41. The van der Waals surface area contributed by atoms with Gasteiger partial charge in [-0.3, -0.25) is 0 Å². The Bertz CT molecular complexity index is 120. The first-order valence-electron chi connectivity index (χ1n) is 3.63. The van der Waals surface area contributed by atoms with Gasteiger partial charge in [0.1, 0.15) is 5.60 Å². The first kappa shape index (κ1) is 5.69. The van der Waals surface area contributed by atoms with Crippen molar-refractivity contribution in [2.24, 2.45) is 0 Å². The van der Waals surface area contributed by atoms with Crippen molar-refractivity contribution in [2.75, 3.05) is 0 Å². The highest BCUT2D eigenvalue weighted by Crippen LogP contribution is 2.39. The van der Waals surface area contributed by atoms with Crippen LogP contribution in [0.3, 0.4) is 0 Å². The number of rotatable bonds is 0. The van der Waals surface area contributed by atoms with E-state index in [0.717, 1.165) is 6.42 Å². The minimum Gasteiger partial charge on any atom is -0.233 e. The van der Waals surface area contributed by atoms with E-state index >= 15 is 0 Å². The number of hydrogen-bond donors (Lipinski definition) is 0. The van der Waals surface area contributed by atoms with Gasteiger partial charge in [-0.05, 0) is 26.2 Å². The van der Waals surface area contributed by atoms with E-state index in [1.807, 2.05) is 0 Å². The van der Waals surface area contributed by atoms with Gasteiger partial charge < -0.3 is 0 Å². The van der Waals surface area contributed by atoms with Gasteiger partial charge in [0.25, 0.3) is 0 Å². The van der Waals surface area contributed by atoms with Crippen LogP contribution >= 0.6 is 0 Å². The SMILES string of the molecule is CC12CCCC(C1)OO2. The van der Waals surface area contributed by atoms with Crippen LogP contribution in [0.5, 0.6) is 0 Å². The fourth-order valence-electron chi connectivity index (χ4n) is 1.73. The molecule has 9 heavy (non-hydrogen) atoms. The van der Waals surface area contributed by atoms with Crippen LogP contribution in [0.2, 0.25) is 0 Å². The zero-order valence-corrected chi connectivity index (χ0v) is 5.72. The zero-order valence-electron chi connectivity index (χ0n) is 5.72. The van der Waals surface area contributed by atoms with E-state index in [0.29, 0.717) is 6.10 Å². The van der Waals surface area contributed by atoms with Crippen LogP contribution < -0.4 is 0 Å². The predicted molar refractivity (Wildman–Crippen MR) is 32.8 cm³/mol. The van der Waals surface area contributed by atoms with E-state index < -0.39 is 0 Å². The molecule has 2 aliphatic rings. The van der Waals surface area contributed by atoms with E-state index in [4.69, 9.17) is 9.78 Å². The average molecular weight is 128 g/mol. The second kappa shape index (κ2) is 1.70. The molecule has 2 heteroatoms. The topological polar surface area (TPSA) is 18.5 Å². The van der Waals surface area contributed by atoms with Crippen molar-refractivity contribution in [2.45, 2.75) is 44.3 Å². The fraction of sp³-hybridized carbons (Fsp3) is 1.00. The van der Waals surface area contributed by atoms with Gasteiger partial charge in [-0.2, -0.15) is 0 Å². The molecule has 2 bridgehead atoms. The minimum absolute atomic E-state index is 0.0723. The molecule has 0 N–H and O–H groups in total. The Morgan fingerprint density at radius 1 is 1.56 bits per heavy atom. The van der Waals surface area contributed by atoms with Gasteiger partial charge in [0, 0.05) is 6.42 Å². The summed E-state index contributed by atoms with van der Waals surface area (Å²) in [6.45, 7) is 2.13. The van der Waals surface area contributed by atoms with Gasteiger partial charge in [-0.15, -0.1) is 0 Å². The molecule has 1 aliphatic heterocycles. The van der Waals surface area contributed by atoms with Crippen LogP contribution in [0.1, 0.15) is 32.6 Å². The van der Waals surface area contributed by atoms with Gasteiger partial charge in [-0.25, -0.2) is 9.78 Å². The molecule has 0 aromatic carbocycles. The third-order valence-electron chi connectivity index (χ3n) is 2.28. The van der Waals surface area contributed by atoms with E-state index in [1.54, 1.807) is 0 Å². The normalized spacial score (nSPS) is 49.7. The summed E-state index contributed by atoms with van der Waals surface area (Å²) in [5, 5.41) is 0. The van der Waals surface area contributed by atoms with Gasteiger partial charge in [0.2, 0.25) is 0 Å². The van der Waals surface area contributed by atoms with Gasteiger partial charge in [-0.1, -0.05) is 0 Å². The highest BCUT2D eigenvalue weighted by atomic mass is 17.2. The van der Waals surface area contributed by atoms with Crippen LogP contribution in [-0.2, 0) is 9.78 Å². The van der Waals surface area contributed by atoms with Crippen molar-refractivity contribution in [3.05, 3.63) is 0 Å². The molecule has 0 aromatic heterocycles. The molecule has 1 aliphatic carbocycles. The first-order chi connectivity index (χ1) is 4.29. The molecule has 1 saturated heterocycles. The summed E-state index contributed by atoms with van der Waals surface area (Å²) in [5.41, 5.74) is 0.0723. The summed E-state index contributed by atoms with van der Waals surface area (Å²) in [4.78, 5) is 10.2. The fourth-order valence-corrected chi connectivity index (χ4v) is 1.73. The molecule has 1 heterocycles. The van der Waals surface area contributed by atoms with E-state index in [1.165, 1.54) is 19.3 Å². The predicted octanol–water partition coefficient (Wildman–Crippen LogP) is 1.65. The molecule has 2 rings (SSSR count). The van der Waals surface area contributed by atoms with Crippen LogP contribution in [0, 0.1) is 0 Å². The monoisotopic (exact) mass is 128 g/mol. The summed E-state index contributed by atoms with van der Waals surface area (Å²) in [6.07, 6.45) is 5.14.